The van der Waals surface area contributed by atoms with E-state index in [9.17, 15) is 9.59 Å². The largest absolute Gasteiger partial charge is 0.273 e. The highest BCUT2D eigenvalue weighted by molar-refractivity contribution is 5.93. The monoisotopic (exact) mass is 130 g/mol. The Morgan fingerprint density at radius 3 is 2.11 bits per heavy atom. The van der Waals surface area contributed by atoms with Crippen LogP contribution in [-0.2, 0) is 9.59 Å². The highest BCUT2D eigenvalue weighted by atomic mass is 16.2. The Morgan fingerprint density at radius 2 is 2.00 bits per heavy atom. The van der Waals surface area contributed by atoms with E-state index in [1.807, 2.05) is 0 Å². The molecule has 0 bridgehead atoms. The van der Waals surface area contributed by atoms with Crippen molar-refractivity contribution in [2.45, 2.75) is 20.3 Å². The second-order valence-electron chi connectivity index (χ2n) is 1.64. The quantitative estimate of drug-likeness (QED) is 0.299. The van der Waals surface area contributed by atoms with E-state index in [1.165, 1.54) is 6.92 Å². The minimum Gasteiger partial charge on any atom is -0.273 e. The fourth-order valence-electron chi connectivity index (χ4n) is 0.346. The molecule has 52 valence electrons. The lowest BCUT2D eigenvalue weighted by atomic mass is 10.4. The molecule has 0 saturated heterocycles. The van der Waals surface area contributed by atoms with E-state index in [-0.39, 0.29) is 12.3 Å². The van der Waals surface area contributed by atoms with Crippen LogP contribution in [0.15, 0.2) is 0 Å². The first kappa shape index (κ1) is 8.10. The van der Waals surface area contributed by atoms with Crippen molar-refractivity contribution in [3.63, 3.8) is 0 Å². The summed E-state index contributed by atoms with van der Waals surface area (Å²) in [5, 5.41) is 0.611. The zero-order valence-electron chi connectivity index (χ0n) is 5.55. The maximum absolute atomic E-state index is 10.5. The fraction of sp³-hybridized carbons (Fsp3) is 0.600. The highest BCUT2D eigenvalue weighted by Gasteiger charge is 2.09. The molecular weight excluding hydrogens is 120 g/mol. The van der Waals surface area contributed by atoms with E-state index >= 15 is 0 Å². The molecule has 0 aliphatic carbocycles. The van der Waals surface area contributed by atoms with Gasteiger partial charge in [-0.25, -0.2) is 10.9 Å². The number of hydrazine groups is 1. The molecule has 0 spiro atoms. The predicted molar refractivity (Wildman–Crippen MR) is 32.0 cm³/mol. The van der Waals surface area contributed by atoms with Gasteiger partial charge in [0.2, 0.25) is 11.8 Å². The number of hydrogen-bond donors (Lipinski definition) is 1. The van der Waals surface area contributed by atoms with Gasteiger partial charge in [-0.15, -0.1) is 0 Å². The summed E-state index contributed by atoms with van der Waals surface area (Å²) < 4.78 is 0. The summed E-state index contributed by atoms with van der Waals surface area (Å²) in [5.74, 6) is 4.22. The summed E-state index contributed by atoms with van der Waals surface area (Å²) in [7, 11) is 0. The van der Waals surface area contributed by atoms with Gasteiger partial charge in [0.1, 0.15) is 0 Å². The normalized spacial score (nSPS) is 8.78. The summed E-state index contributed by atoms with van der Waals surface area (Å²) >= 11 is 0. The molecule has 0 aliphatic heterocycles. The molecule has 0 heterocycles. The van der Waals surface area contributed by atoms with Crippen LogP contribution in [0.25, 0.3) is 0 Å². The molecule has 0 aromatic heterocycles. The number of carbonyl (C=O) groups is 2. The molecule has 0 aromatic rings. The van der Waals surface area contributed by atoms with E-state index in [4.69, 9.17) is 5.84 Å². The lowest BCUT2D eigenvalue weighted by Gasteiger charge is -2.09. The van der Waals surface area contributed by atoms with E-state index in [1.54, 1.807) is 6.92 Å². The Hall–Kier alpha value is -0.900. The van der Waals surface area contributed by atoms with Gasteiger partial charge >= 0.3 is 0 Å². The summed E-state index contributed by atoms with van der Waals surface area (Å²) in [4.78, 5) is 20.9. The lowest BCUT2D eigenvalue weighted by Crippen LogP contribution is -2.40. The van der Waals surface area contributed by atoms with Crippen molar-refractivity contribution >= 4 is 11.8 Å². The van der Waals surface area contributed by atoms with Crippen LogP contribution in [-0.4, -0.2) is 16.8 Å². The third-order valence-electron chi connectivity index (χ3n) is 0.910. The zero-order valence-corrected chi connectivity index (χ0v) is 5.55. The lowest BCUT2D eigenvalue weighted by molar-refractivity contribution is -0.143. The Morgan fingerprint density at radius 1 is 1.56 bits per heavy atom. The number of nitrogens with two attached hydrogens (primary N) is 1. The Bertz CT molecular complexity index is 133. The summed E-state index contributed by atoms with van der Waals surface area (Å²) in [6.07, 6.45) is 0.260. The number of hydrogen-bond acceptors (Lipinski definition) is 3. The molecule has 0 radical (unpaired) electrons. The number of amides is 2. The SMILES string of the molecule is CCC(=O)N(N)C(C)=O. The van der Waals surface area contributed by atoms with Gasteiger partial charge in [-0.1, -0.05) is 6.92 Å². The average molecular weight is 130 g/mol. The van der Waals surface area contributed by atoms with Crippen LogP contribution >= 0.6 is 0 Å². The van der Waals surface area contributed by atoms with Crippen molar-refractivity contribution < 1.29 is 9.59 Å². The van der Waals surface area contributed by atoms with Gasteiger partial charge < -0.3 is 0 Å². The second kappa shape index (κ2) is 3.19. The van der Waals surface area contributed by atoms with Crippen molar-refractivity contribution in [2.75, 3.05) is 0 Å². The maximum Gasteiger partial charge on any atom is 0.243 e. The maximum atomic E-state index is 10.5. The van der Waals surface area contributed by atoms with Gasteiger partial charge in [-0.05, 0) is 0 Å². The third kappa shape index (κ3) is 2.23. The minimum atomic E-state index is -0.429. The van der Waals surface area contributed by atoms with Gasteiger partial charge in [0, 0.05) is 13.3 Å². The summed E-state index contributed by atoms with van der Waals surface area (Å²) in [5.41, 5.74) is 0. The molecule has 0 rings (SSSR count). The van der Waals surface area contributed by atoms with Crippen LogP contribution in [0.3, 0.4) is 0 Å². The van der Waals surface area contributed by atoms with E-state index < -0.39 is 5.91 Å². The Labute approximate surface area is 53.6 Å². The highest BCUT2D eigenvalue weighted by Crippen LogP contribution is 1.85. The Balaban J connectivity index is 3.88. The standard InChI is InChI=1S/C5H10N2O2/c1-3-5(9)7(6)4(2)8/h3,6H2,1-2H3. The van der Waals surface area contributed by atoms with Crippen molar-refractivity contribution in [3.05, 3.63) is 0 Å². The van der Waals surface area contributed by atoms with Crippen LogP contribution in [0.1, 0.15) is 20.3 Å². The topological polar surface area (TPSA) is 63.4 Å². The molecule has 4 heteroatoms. The molecule has 0 fully saturated rings. The van der Waals surface area contributed by atoms with Crippen LogP contribution in [0.2, 0.25) is 0 Å². The molecule has 0 atom stereocenters. The zero-order chi connectivity index (χ0) is 7.44. The van der Waals surface area contributed by atoms with Crippen LogP contribution in [0.4, 0.5) is 0 Å². The predicted octanol–water partition coefficient (Wildman–Crippen LogP) is -0.355. The first-order valence-corrected chi connectivity index (χ1v) is 2.67. The van der Waals surface area contributed by atoms with Crippen LogP contribution < -0.4 is 5.84 Å². The van der Waals surface area contributed by atoms with Crippen molar-refractivity contribution in [1.29, 1.82) is 0 Å². The van der Waals surface area contributed by atoms with Gasteiger partial charge in [-0.2, -0.15) is 0 Å². The van der Waals surface area contributed by atoms with Gasteiger partial charge in [-0.3, -0.25) is 9.59 Å². The number of rotatable bonds is 1. The molecular formula is C5H10N2O2. The molecule has 0 aromatic carbocycles. The van der Waals surface area contributed by atoms with E-state index in [0.29, 0.717) is 5.01 Å². The minimum absolute atomic E-state index is 0.260. The van der Waals surface area contributed by atoms with Crippen molar-refractivity contribution in [2.24, 2.45) is 5.84 Å². The third-order valence-corrected chi connectivity index (χ3v) is 0.910. The Kier molecular flexibility index (Phi) is 2.87. The first-order chi connectivity index (χ1) is 4.09. The molecule has 0 aliphatic rings. The van der Waals surface area contributed by atoms with Crippen molar-refractivity contribution in [3.8, 4) is 0 Å². The number of imide groups is 1. The smallest absolute Gasteiger partial charge is 0.243 e. The number of carbonyl (C=O) groups excluding carboxylic acids is 2. The van der Waals surface area contributed by atoms with Crippen LogP contribution in [0, 0.1) is 0 Å². The second-order valence-corrected chi connectivity index (χ2v) is 1.64. The molecule has 9 heavy (non-hydrogen) atoms. The van der Waals surface area contributed by atoms with Crippen molar-refractivity contribution in [1.82, 2.24) is 5.01 Å². The van der Waals surface area contributed by atoms with Gasteiger partial charge in [0.25, 0.3) is 0 Å². The van der Waals surface area contributed by atoms with Crippen LogP contribution in [0.5, 0.6) is 0 Å². The average Bonchev–Trinajstić information content (AvgIpc) is 1.84. The first-order valence-electron chi connectivity index (χ1n) is 2.67. The molecule has 4 nitrogen and oxygen atoms in total. The number of nitrogens with zero attached hydrogens (tertiary/aromatic N) is 1. The van der Waals surface area contributed by atoms with Gasteiger partial charge in [0.05, 0.1) is 0 Å². The molecule has 0 unspecified atom stereocenters. The van der Waals surface area contributed by atoms with Gasteiger partial charge in [0.15, 0.2) is 0 Å². The summed E-state index contributed by atoms with van der Waals surface area (Å²) in [6.45, 7) is 2.89. The molecule has 0 saturated carbocycles. The molecule has 2 amide bonds. The fourth-order valence-corrected chi connectivity index (χ4v) is 0.346. The van der Waals surface area contributed by atoms with E-state index in [2.05, 4.69) is 0 Å². The van der Waals surface area contributed by atoms with E-state index in [0.717, 1.165) is 0 Å². The molecule has 2 N–H and O–H groups in total. The summed E-state index contributed by atoms with van der Waals surface area (Å²) in [6, 6.07) is 0.